The fourth-order valence-corrected chi connectivity index (χ4v) is 2.13. The number of hydrogen-bond donors (Lipinski definition) is 2. The van der Waals surface area contributed by atoms with Gasteiger partial charge in [-0.1, -0.05) is 31.2 Å². The first kappa shape index (κ1) is 9.69. The predicted molar refractivity (Wildman–Crippen MR) is 54.9 cm³/mol. The van der Waals surface area contributed by atoms with Gasteiger partial charge in [0.25, 0.3) is 0 Å². The van der Waals surface area contributed by atoms with E-state index < -0.39 is 6.10 Å². The molecule has 0 saturated heterocycles. The summed E-state index contributed by atoms with van der Waals surface area (Å²) in [4.78, 5) is 0. The quantitative estimate of drug-likeness (QED) is 0.710. The summed E-state index contributed by atoms with van der Waals surface area (Å²) in [6.45, 7) is 1.98. The summed E-state index contributed by atoms with van der Waals surface area (Å²) < 4.78 is 0. The number of aliphatic hydroxyl groups is 2. The lowest BCUT2D eigenvalue weighted by molar-refractivity contribution is -0.0200. The summed E-state index contributed by atoms with van der Waals surface area (Å²) >= 11 is 0. The van der Waals surface area contributed by atoms with Gasteiger partial charge in [0.1, 0.15) is 0 Å². The molecule has 2 nitrogen and oxygen atoms in total. The Kier molecular flexibility index (Phi) is 2.33. The van der Waals surface area contributed by atoms with Crippen molar-refractivity contribution in [3.05, 3.63) is 35.4 Å². The van der Waals surface area contributed by atoms with Gasteiger partial charge in [0.15, 0.2) is 0 Å². The van der Waals surface area contributed by atoms with Crippen LogP contribution >= 0.6 is 0 Å². The second-order valence-electron chi connectivity index (χ2n) is 4.41. The molecule has 0 heterocycles. The largest absolute Gasteiger partial charge is 0.396 e. The highest BCUT2D eigenvalue weighted by molar-refractivity contribution is 5.33. The molecule has 2 heteroatoms. The Morgan fingerprint density at radius 1 is 1.43 bits per heavy atom. The van der Waals surface area contributed by atoms with Gasteiger partial charge in [-0.3, -0.25) is 0 Å². The SMILES string of the molecule is C[C@]1(CO)CCc2ccccc2[C@@H]1O. The van der Waals surface area contributed by atoms with Gasteiger partial charge in [-0.15, -0.1) is 0 Å². The van der Waals surface area contributed by atoms with Crippen LogP contribution in [0.3, 0.4) is 0 Å². The number of aliphatic hydroxyl groups excluding tert-OH is 2. The number of aryl methyl sites for hydroxylation is 1. The van der Waals surface area contributed by atoms with E-state index in [1.54, 1.807) is 0 Å². The lowest BCUT2D eigenvalue weighted by Crippen LogP contribution is -2.34. The third-order valence-corrected chi connectivity index (χ3v) is 3.34. The van der Waals surface area contributed by atoms with Crippen molar-refractivity contribution >= 4 is 0 Å². The average molecular weight is 192 g/mol. The summed E-state index contributed by atoms with van der Waals surface area (Å²) in [7, 11) is 0. The van der Waals surface area contributed by atoms with Crippen LogP contribution in [0.1, 0.15) is 30.6 Å². The predicted octanol–water partition coefficient (Wildman–Crippen LogP) is 1.66. The first-order valence-electron chi connectivity index (χ1n) is 5.04. The molecule has 1 aromatic rings. The summed E-state index contributed by atoms with van der Waals surface area (Å²) in [5, 5.41) is 19.4. The highest BCUT2D eigenvalue weighted by Crippen LogP contribution is 2.43. The van der Waals surface area contributed by atoms with E-state index in [-0.39, 0.29) is 12.0 Å². The van der Waals surface area contributed by atoms with Gasteiger partial charge in [0.2, 0.25) is 0 Å². The molecule has 2 N–H and O–H groups in total. The van der Waals surface area contributed by atoms with E-state index in [0.29, 0.717) is 0 Å². The van der Waals surface area contributed by atoms with Gasteiger partial charge >= 0.3 is 0 Å². The van der Waals surface area contributed by atoms with Crippen LogP contribution in [0, 0.1) is 5.41 Å². The zero-order valence-electron chi connectivity index (χ0n) is 8.40. The molecule has 0 unspecified atom stereocenters. The molecular formula is C12H16O2. The maximum Gasteiger partial charge on any atom is 0.0868 e. The number of rotatable bonds is 1. The standard InChI is InChI=1S/C12H16O2/c1-12(8-13)7-6-9-4-2-3-5-10(9)11(12)14/h2-5,11,13-14H,6-8H2,1H3/t11-,12+/m0/s1. The highest BCUT2D eigenvalue weighted by Gasteiger charge is 2.37. The molecule has 0 radical (unpaired) electrons. The Bertz CT molecular complexity index is 335. The van der Waals surface area contributed by atoms with Gasteiger partial charge in [-0.2, -0.15) is 0 Å². The first-order valence-corrected chi connectivity index (χ1v) is 5.04. The fourth-order valence-electron chi connectivity index (χ4n) is 2.13. The Balaban J connectivity index is 2.41. The van der Waals surface area contributed by atoms with Crippen LogP contribution in [-0.4, -0.2) is 16.8 Å². The molecular weight excluding hydrogens is 176 g/mol. The molecule has 1 aliphatic rings. The Morgan fingerprint density at radius 2 is 2.14 bits per heavy atom. The molecule has 14 heavy (non-hydrogen) atoms. The van der Waals surface area contributed by atoms with Crippen molar-refractivity contribution in [2.75, 3.05) is 6.61 Å². The van der Waals surface area contributed by atoms with Crippen LogP contribution in [0.15, 0.2) is 24.3 Å². The minimum absolute atomic E-state index is 0.0441. The van der Waals surface area contributed by atoms with Crippen LogP contribution in [0.5, 0.6) is 0 Å². The number of benzene rings is 1. The van der Waals surface area contributed by atoms with Crippen molar-refractivity contribution < 1.29 is 10.2 Å². The van der Waals surface area contributed by atoms with Gasteiger partial charge in [0, 0.05) is 5.41 Å². The van der Waals surface area contributed by atoms with Gasteiger partial charge < -0.3 is 10.2 Å². The minimum Gasteiger partial charge on any atom is -0.396 e. The van der Waals surface area contributed by atoms with E-state index in [9.17, 15) is 10.2 Å². The smallest absolute Gasteiger partial charge is 0.0868 e. The van der Waals surface area contributed by atoms with Crippen molar-refractivity contribution in [3.8, 4) is 0 Å². The Labute approximate surface area is 84.2 Å². The van der Waals surface area contributed by atoms with Crippen LogP contribution in [0.25, 0.3) is 0 Å². The molecule has 2 atom stereocenters. The van der Waals surface area contributed by atoms with E-state index in [1.165, 1.54) is 5.56 Å². The molecule has 0 amide bonds. The third-order valence-electron chi connectivity index (χ3n) is 3.34. The minimum atomic E-state index is -0.530. The van der Waals surface area contributed by atoms with E-state index in [1.807, 2.05) is 25.1 Å². The van der Waals surface area contributed by atoms with Crippen LogP contribution < -0.4 is 0 Å². The molecule has 1 aliphatic carbocycles. The molecule has 0 fully saturated rings. The van der Waals surface area contributed by atoms with E-state index >= 15 is 0 Å². The zero-order valence-corrected chi connectivity index (χ0v) is 8.40. The lowest BCUT2D eigenvalue weighted by atomic mass is 9.71. The average Bonchev–Trinajstić information content (AvgIpc) is 2.24. The van der Waals surface area contributed by atoms with Crippen molar-refractivity contribution in [2.24, 2.45) is 5.41 Å². The van der Waals surface area contributed by atoms with Crippen LogP contribution in [0.4, 0.5) is 0 Å². The maximum absolute atomic E-state index is 10.1. The second kappa shape index (κ2) is 3.37. The lowest BCUT2D eigenvalue weighted by Gasteiger charge is -2.38. The van der Waals surface area contributed by atoms with Gasteiger partial charge in [0.05, 0.1) is 12.7 Å². The molecule has 0 spiro atoms. The first-order chi connectivity index (χ1) is 6.67. The molecule has 0 aromatic heterocycles. The van der Waals surface area contributed by atoms with Crippen molar-refractivity contribution in [3.63, 3.8) is 0 Å². The van der Waals surface area contributed by atoms with Crippen molar-refractivity contribution in [1.82, 2.24) is 0 Å². The molecule has 0 saturated carbocycles. The molecule has 0 aliphatic heterocycles. The Morgan fingerprint density at radius 3 is 2.86 bits per heavy atom. The summed E-state index contributed by atoms with van der Waals surface area (Å²) in [5.41, 5.74) is 1.83. The monoisotopic (exact) mass is 192 g/mol. The van der Waals surface area contributed by atoms with Gasteiger partial charge in [-0.05, 0) is 24.0 Å². The highest BCUT2D eigenvalue weighted by atomic mass is 16.3. The molecule has 2 rings (SSSR count). The van der Waals surface area contributed by atoms with E-state index in [2.05, 4.69) is 6.07 Å². The van der Waals surface area contributed by atoms with Crippen molar-refractivity contribution in [1.29, 1.82) is 0 Å². The van der Waals surface area contributed by atoms with E-state index in [4.69, 9.17) is 0 Å². The maximum atomic E-state index is 10.1. The molecule has 1 aromatic carbocycles. The summed E-state index contributed by atoms with van der Waals surface area (Å²) in [6, 6.07) is 7.93. The summed E-state index contributed by atoms with van der Waals surface area (Å²) in [6.07, 6.45) is 1.27. The summed E-state index contributed by atoms with van der Waals surface area (Å²) in [5.74, 6) is 0. The topological polar surface area (TPSA) is 40.5 Å². The molecule has 0 bridgehead atoms. The second-order valence-corrected chi connectivity index (χ2v) is 4.41. The molecule has 76 valence electrons. The van der Waals surface area contributed by atoms with Crippen LogP contribution in [0.2, 0.25) is 0 Å². The third kappa shape index (κ3) is 1.35. The van der Waals surface area contributed by atoms with Crippen LogP contribution in [-0.2, 0) is 6.42 Å². The normalized spacial score (nSPS) is 31.2. The van der Waals surface area contributed by atoms with Crippen molar-refractivity contribution in [2.45, 2.75) is 25.9 Å². The Hall–Kier alpha value is -0.860. The zero-order chi connectivity index (χ0) is 10.2. The van der Waals surface area contributed by atoms with Gasteiger partial charge in [-0.25, -0.2) is 0 Å². The number of fused-ring (bicyclic) bond motifs is 1. The van der Waals surface area contributed by atoms with E-state index in [0.717, 1.165) is 18.4 Å². The fraction of sp³-hybridized carbons (Fsp3) is 0.500. The number of hydrogen-bond acceptors (Lipinski definition) is 2.